The van der Waals surface area contributed by atoms with E-state index in [4.69, 9.17) is 4.74 Å². The first kappa shape index (κ1) is 21.8. The molecule has 0 saturated carbocycles. The standard InChI is InChI=1S/C26H31N5O2/c1-33-14-12-27-26(32)24-17-30-13-11-22(24)15-23(30)16-31-18-25(28-29-31)21-9-7-20(8-10-21)19-5-3-2-4-6-19/h2-10,18,22-24H,11-17H2,1H3,(H,27,32)/t22?,23-,24+/m1/s1. The number of carbonyl (C=O) groups excluding carboxylic acids is 1. The predicted molar refractivity (Wildman–Crippen MR) is 127 cm³/mol. The van der Waals surface area contributed by atoms with Crippen LogP contribution in [-0.4, -0.2) is 65.2 Å². The number of nitrogens with one attached hydrogen (secondary N) is 1. The molecular formula is C26H31N5O2. The van der Waals surface area contributed by atoms with Crippen molar-refractivity contribution in [3.8, 4) is 22.4 Å². The number of amides is 1. The molecule has 2 bridgehead atoms. The molecule has 0 radical (unpaired) electrons. The minimum atomic E-state index is 0.0845. The molecule has 2 aromatic carbocycles. The number of rotatable bonds is 8. The quantitative estimate of drug-likeness (QED) is 0.540. The van der Waals surface area contributed by atoms with Crippen molar-refractivity contribution in [3.05, 3.63) is 60.8 Å². The summed E-state index contributed by atoms with van der Waals surface area (Å²) in [7, 11) is 1.65. The van der Waals surface area contributed by atoms with Crippen molar-refractivity contribution in [1.82, 2.24) is 25.2 Å². The SMILES string of the molecule is COCCNC(=O)[C@H]1CN2CCC1C[C@@H]2Cn1cc(-c2ccc(-c3ccccc3)cc2)nn1. The lowest BCUT2D eigenvalue weighted by molar-refractivity contribution is -0.133. The molecule has 3 aliphatic rings. The molecule has 4 heterocycles. The van der Waals surface area contributed by atoms with Gasteiger partial charge < -0.3 is 10.1 Å². The van der Waals surface area contributed by atoms with Crippen molar-refractivity contribution >= 4 is 5.91 Å². The van der Waals surface area contributed by atoms with Crippen molar-refractivity contribution in [2.75, 3.05) is 33.4 Å². The molecular weight excluding hydrogens is 414 g/mol. The number of methoxy groups -OCH3 is 1. The molecule has 7 heteroatoms. The zero-order valence-corrected chi connectivity index (χ0v) is 19.1. The van der Waals surface area contributed by atoms with Gasteiger partial charge in [-0.25, -0.2) is 0 Å². The fourth-order valence-electron chi connectivity index (χ4n) is 5.23. The van der Waals surface area contributed by atoms with Crippen LogP contribution in [-0.2, 0) is 16.1 Å². The van der Waals surface area contributed by atoms with E-state index in [0.29, 0.717) is 25.1 Å². The summed E-state index contributed by atoms with van der Waals surface area (Å²) >= 11 is 0. The zero-order chi connectivity index (χ0) is 22.6. The first-order valence-electron chi connectivity index (χ1n) is 11.8. The molecule has 0 aliphatic carbocycles. The third-order valence-electron chi connectivity index (χ3n) is 7.04. The second-order valence-electron chi connectivity index (χ2n) is 9.09. The summed E-state index contributed by atoms with van der Waals surface area (Å²) in [5, 5.41) is 11.8. The largest absolute Gasteiger partial charge is 0.383 e. The summed E-state index contributed by atoms with van der Waals surface area (Å²) in [4.78, 5) is 15.0. The number of hydrogen-bond acceptors (Lipinski definition) is 5. The molecule has 6 rings (SSSR count). The van der Waals surface area contributed by atoms with Crippen LogP contribution in [0.15, 0.2) is 60.8 Å². The highest BCUT2D eigenvalue weighted by Crippen LogP contribution is 2.37. The Morgan fingerprint density at radius 3 is 2.58 bits per heavy atom. The van der Waals surface area contributed by atoms with E-state index in [0.717, 1.165) is 43.7 Å². The molecule has 0 spiro atoms. The van der Waals surface area contributed by atoms with Crippen molar-refractivity contribution in [2.24, 2.45) is 11.8 Å². The number of carbonyl (C=O) groups is 1. The number of nitrogens with zero attached hydrogens (tertiary/aromatic N) is 4. The van der Waals surface area contributed by atoms with Gasteiger partial charge in [0.2, 0.25) is 5.91 Å². The lowest BCUT2D eigenvalue weighted by Crippen LogP contribution is -2.58. The molecule has 3 fully saturated rings. The summed E-state index contributed by atoms with van der Waals surface area (Å²) in [6, 6.07) is 19.3. The Morgan fingerprint density at radius 1 is 1.09 bits per heavy atom. The predicted octanol–water partition coefficient (Wildman–Crippen LogP) is 3.09. The highest BCUT2D eigenvalue weighted by Gasteiger charge is 2.43. The topological polar surface area (TPSA) is 72.3 Å². The number of hydrogen-bond donors (Lipinski definition) is 1. The number of ether oxygens (including phenoxy) is 1. The van der Waals surface area contributed by atoms with Gasteiger partial charge in [0.25, 0.3) is 0 Å². The fourth-order valence-corrected chi connectivity index (χ4v) is 5.23. The molecule has 7 nitrogen and oxygen atoms in total. The van der Waals surface area contributed by atoms with Crippen molar-refractivity contribution in [3.63, 3.8) is 0 Å². The molecule has 33 heavy (non-hydrogen) atoms. The van der Waals surface area contributed by atoms with Crippen molar-refractivity contribution in [1.29, 1.82) is 0 Å². The van der Waals surface area contributed by atoms with Crippen LogP contribution >= 0.6 is 0 Å². The first-order chi connectivity index (χ1) is 16.2. The van der Waals surface area contributed by atoms with E-state index in [-0.39, 0.29) is 11.8 Å². The van der Waals surface area contributed by atoms with E-state index in [2.05, 4.69) is 69.1 Å². The molecule has 1 aromatic heterocycles. The van der Waals surface area contributed by atoms with Gasteiger partial charge in [-0.1, -0.05) is 59.8 Å². The summed E-state index contributed by atoms with van der Waals surface area (Å²) in [6.45, 7) is 3.83. The third-order valence-corrected chi connectivity index (χ3v) is 7.04. The van der Waals surface area contributed by atoms with Crippen LogP contribution in [0.4, 0.5) is 0 Å². The molecule has 1 N–H and O–H groups in total. The number of benzene rings is 2. The van der Waals surface area contributed by atoms with E-state index in [1.807, 2.05) is 16.9 Å². The van der Waals surface area contributed by atoms with Gasteiger partial charge in [-0.3, -0.25) is 14.4 Å². The smallest absolute Gasteiger partial charge is 0.224 e. The second kappa shape index (κ2) is 9.85. The Kier molecular flexibility index (Phi) is 6.51. The lowest BCUT2D eigenvalue weighted by atomic mass is 9.75. The molecule has 3 aliphatic heterocycles. The molecule has 3 saturated heterocycles. The molecule has 4 atom stereocenters. The average Bonchev–Trinajstić information content (AvgIpc) is 3.33. The van der Waals surface area contributed by atoms with E-state index in [9.17, 15) is 4.79 Å². The van der Waals surface area contributed by atoms with Gasteiger partial charge in [-0.15, -0.1) is 5.10 Å². The molecule has 172 valence electrons. The number of fused-ring (bicyclic) bond motifs is 3. The highest BCUT2D eigenvalue weighted by atomic mass is 16.5. The van der Waals surface area contributed by atoms with Crippen molar-refractivity contribution < 1.29 is 9.53 Å². The first-order valence-corrected chi connectivity index (χ1v) is 11.8. The minimum Gasteiger partial charge on any atom is -0.383 e. The summed E-state index contributed by atoms with van der Waals surface area (Å²) in [5.74, 6) is 0.694. The van der Waals surface area contributed by atoms with Crippen LogP contribution in [0.1, 0.15) is 12.8 Å². The van der Waals surface area contributed by atoms with Crippen LogP contribution in [0.2, 0.25) is 0 Å². The summed E-state index contributed by atoms with van der Waals surface area (Å²) in [5.41, 5.74) is 4.36. The Labute approximate surface area is 194 Å². The Balaban J connectivity index is 1.20. The highest BCUT2D eigenvalue weighted by molar-refractivity contribution is 5.79. The van der Waals surface area contributed by atoms with Crippen LogP contribution in [0.3, 0.4) is 0 Å². The van der Waals surface area contributed by atoms with Gasteiger partial charge in [0, 0.05) is 31.8 Å². The Morgan fingerprint density at radius 2 is 1.85 bits per heavy atom. The van der Waals surface area contributed by atoms with Gasteiger partial charge in [-0.2, -0.15) is 0 Å². The normalized spacial score (nSPS) is 24.0. The van der Waals surface area contributed by atoms with E-state index < -0.39 is 0 Å². The summed E-state index contributed by atoms with van der Waals surface area (Å²) in [6.07, 6.45) is 4.16. The molecule has 1 amide bonds. The van der Waals surface area contributed by atoms with Gasteiger partial charge in [0.15, 0.2) is 0 Å². The van der Waals surface area contributed by atoms with Gasteiger partial charge in [0.1, 0.15) is 5.69 Å². The van der Waals surface area contributed by atoms with E-state index in [1.54, 1.807) is 7.11 Å². The monoisotopic (exact) mass is 445 g/mol. The summed E-state index contributed by atoms with van der Waals surface area (Å²) < 4.78 is 7.00. The van der Waals surface area contributed by atoms with Crippen molar-refractivity contribution in [2.45, 2.75) is 25.4 Å². The zero-order valence-electron chi connectivity index (χ0n) is 19.1. The minimum absolute atomic E-state index is 0.0845. The van der Waals surface area contributed by atoms with Gasteiger partial charge >= 0.3 is 0 Å². The lowest BCUT2D eigenvalue weighted by Gasteiger charge is -2.49. The number of piperidine rings is 3. The second-order valence-corrected chi connectivity index (χ2v) is 9.09. The van der Waals surface area contributed by atoms with Crippen LogP contribution in [0, 0.1) is 11.8 Å². The fraction of sp³-hybridized carbons (Fsp3) is 0.423. The Bertz CT molecular complexity index is 1070. The molecule has 3 aromatic rings. The maximum absolute atomic E-state index is 12.6. The van der Waals surface area contributed by atoms with Crippen LogP contribution in [0.5, 0.6) is 0 Å². The molecule has 2 unspecified atom stereocenters. The van der Waals surface area contributed by atoms with Crippen LogP contribution in [0.25, 0.3) is 22.4 Å². The third kappa shape index (κ3) is 4.84. The van der Waals surface area contributed by atoms with Crippen LogP contribution < -0.4 is 5.32 Å². The van der Waals surface area contributed by atoms with Gasteiger partial charge in [0.05, 0.1) is 25.3 Å². The van der Waals surface area contributed by atoms with Gasteiger partial charge in [-0.05, 0) is 36.4 Å². The average molecular weight is 446 g/mol. The Hall–Kier alpha value is -3.03. The van der Waals surface area contributed by atoms with E-state index in [1.165, 1.54) is 11.1 Å². The van der Waals surface area contributed by atoms with E-state index >= 15 is 0 Å². The maximum atomic E-state index is 12.6. The maximum Gasteiger partial charge on any atom is 0.224 e. The number of aromatic nitrogens is 3.